The standard InChI is InChI=1S/C21H23N3O2S.ClH/c22-12-18-8-5-11-24(18)21(26)14-23-13-16-6-1-3-9-19(16)27-20-10-4-2-7-17(20)15-25;/h1-4,6-7,9-10,18,23,25H,5,8,11,13-15H2;1H/t18-;/m0./s1. The number of carbonyl (C=O) groups is 1. The molecule has 1 heterocycles. The van der Waals surface area contributed by atoms with Crippen LogP contribution in [-0.4, -0.2) is 35.0 Å². The number of nitriles is 1. The van der Waals surface area contributed by atoms with E-state index in [4.69, 9.17) is 5.26 Å². The second-order valence-corrected chi connectivity index (χ2v) is 7.54. The highest BCUT2D eigenvalue weighted by atomic mass is 35.5. The van der Waals surface area contributed by atoms with Gasteiger partial charge < -0.3 is 15.3 Å². The van der Waals surface area contributed by atoms with Gasteiger partial charge in [0.25, 0.3) is 0 Å². The number of halogens is 1. The normalized spacial score (nSPS) is 15.7. The molecule has 5 nitrogen and oxygen atoms in total. The van der Waals surface area contributed by atoms with Crippen molar-refractivity contribution in [1.82, 2.24) is 10.2 Å². The van der Waals surface area contributed by atoms with Crippen molar-refractivity contribution in [1.29, 1.82) is 5.26 Å². The van der Waals surface area contributed by atoms with Crippen molar-refractivity contribution >= 4 is 30.1 Å². The summed E-state index contributed by atoms with van der Waals surface area (Å²) in [6.45, 7) is 1.47. The van der Waals surface area contributed by atoms with Gasteiger partial charge in [-0.25, -0.2) is 0 Å². The molecule has 1 aliphatic rings. The molecule has 0 spiro atoms. The lowest BCUT2D eigenvalue weighted by Crippen LogP contribution is -2.40. The number of aliphatic hydroxyl groups excluding tert-OH is 1. The molecule has 0 unspecified atom stereocenters. The summed E-state index contributed by atoms with van der Waals surface area (Å²) in [6.07, 6.45) is 1.67. The van der Waals surface area contributed by atoms with Crippen LogP contribution in [0.1, 0.15) is 24.0 Å². The predicted molar refractivity (Wildman–Crippen MR) is 112 cm³/mol. The fraction of sp³-hybridized carbons (Fsp3) is 0.333. The Morgan fingerprint density at radius 2 is 1.82 bits per heavy atom. The fourth-order valence-corrected chi connectivity index (χ4v) is 4.27. The number of amides is 1. The molecule has 7 heteroatoms. The summed E-state index contributed by atoms with van der Waals surface area (Å²) in [5, 5.41) is 21.9. The number of hydrogen-bond acceptors (Lipinski definition) is 5. The highest BCUT2D eigenvalue weighted by molar-refractivity contribution is 7.99. The number of carbonyl (C=O) groups excluding carboxylic acids is 1. The Morgan fingerprint density at radius 3 is 2.50 bits per heavy atom. The Kier molecular flexibility index (Phi) is 8.81. The van der Waals surface area contributed by atoms with E-state index < -0.39 is 0 Å². The second-order valence-electron chi connectivity index (χ2n) is 6.45. The Hall–Kier alpha value is -2.04. The second kappa shape index (κ2) is 11.1. The van der Waals surface area contributed by atoms with Gasteiger partial charge in [-0.2, -0.15) is 5.26 Å². The van der Waals surface area contributed by atoms with Crippen LogP contribution in [-0.2, 0) is 17.9 Å². The summed E-state index contributed by atoms with van der Waals surface area (Å²) in [6, 6.07) is 17.8. The quantitative estimate of drug-likeness (QED) is 0.722. The molecule has 1 amide bonds. The van der Waals surface area contributed by atoms with Gasteiger partial charge in [0.15, 0.2) is 0 Å². The maximum atomic E-state index is 12.3. The summed E-state index contributed by atoms with van der Waals surface area (Å²) in [5.41, 5.74) is 2.00. The van der Waals surface area contributed by atoms with Gasteiger partial charge in [-0.1, -0.05) is 48.2 Å². The molecule has 0 radical (unpaired) electrons. The van der Waals surface area contributed by atoms with Crippen molar-refractivity contribution in [3.8, 4) is 6.07 Å². The van der Waals surface area contributed by atoms with Crippen LogP contribution in [0.15, 0.2) is 58.3 Å². The summed E-state index contributed by atoms with van der Waals surface area (Å²) in [4.78, 5) is 16.1. The summed E-state index contributed by atoms with van der Waals surface area (Å²) < 4.78 is 0. The minimum Gasteiger partial charge on any atom is -0.392 e. The van der Waals surface area contributed by atoms with Crippen molar-refractivity contribution in [3.63, 3.8) is 0 Å². The van der Waals surface area contributed by atoms with Crippen LogP contribution in [0.5, 0.6) is 0 Å². The zero-order valence-electron chi connectivity index (χ0n) is 15.5. The first-order valence-electron chi connectivity index (χ1n) is 9.07. The molecule has 0 aliphatic carbocycles. The zero-order chi connectivity index (χ0) is 19.1. The SMILES string of the molecule is Cl.N#C[C@@H]1CCCN1C(=O)CNCc1ccccc1Sc1ccccc1CO. The minimum absolute atomic E-state index is 0. The zero-order valence-corrected chi connectivity index (χ0v) is 17.1. The fourth-order valence-electron chi connectivity index (χ4n) is 3.21. The molecular weight excluding hydrogens is 394 g/mol. The third kappa shape index (κ3) is 5.49. The van der Waals surface area contributed by atoms with Crippen molar-refractivity contribution in [2.24, 2.45) is 0 Å². The summed E-state index contributed by atoms with van der Waals surface area (Å²) >= 11 is 1.62. The van der Waals surface area contributed by atoms with Gasteiger partial charge in [-0.3, -0.25) is 4.79 Å². The lowest BCUT2D eigenvalue weighted by atomic mass is 10.2. The lowest BCUT2D eigenvalue weighted by molar-refractivity contribution is -0.130. The largest absolute Gasteiger partial charge is 0.392 e. The molecule has 28 heavy (non-hydrogen) atoms. The van der Waals surface area contributed by atoms with Gasteiger partial charge in [0.2, 0.25) is 5.91 Å². The first-order valence-corrected chi connectivity index (χ1v) is 9.89. The van der Waals surface area contributed by atoms with E-state index in [0.717, 1.165) is 33.8 Å². The monoisotopic (exact) mass is 417 g/mol. The van der Waals surface area contributed by atoms with Crippen molar-refractivity contribution in [3.05, 3.63) is 59.7 Å². The van der Waals surface area contributed by atoms with Gasteiger partial charge >= 0.3 is 0 Å². The third-order valence-corrected chi connectivity index (χ3v) is 5.89. The predicted octanol–water partition coefficient (Wildman–Crippen LogP) is 3.36. The number of nitrogens with one attached hydrogen (secondary N) is 1. The molecule has 1 aliphatic heterocycles. The molecule has 1 atom stereocenters. The smallest absolute Gasteiger partial charge is 0.237 e. The first kappa shape index (κ1) is 22.3. The molecule has 0 saturated carbocycles. The third-order valence-electron chi connectivity index (χ3n) is 4.65. The first-order chi connectivity index (χ1) is 13.2. The van der Waals surface area contributed by atoms with E-state index in [1.165, 1.54) is 0 Å². The van der Waals surface area contributed by atoms with E-state index >= 15 is 0 Å². The molecule has 1 saturated heterocycles. The van der Waals surface area contributed by atoms with Crippen LogP contribution in [0.3, 0.4) is 0 Å². The molecule has 2 aromatic carbocycles. The maximum absolute atomic E-state index is 12.3. The summed E-state index contributed by atoms with van der Waals surface area (Å²) in [7, 11) is 0. The van der Waals surface area contributed by atoms with Crippen molar-refractivity contribution < 1.29 is 9.90 Å². The Labute approximate surface area is 176 Å². The highest BCUT2D eigenvalue weighted by Crippen LogP contribution is 2.32. The van der Waals surface area contributed by atoms with E-state index in [2.05, 4.69) is 11.4 Å². The van der Waals surface area contributed by atoms with Crippen LogP contribution in [0.2, 0.25) is 0 Å². The van der Waals surface area contributed by atoms with Gasteiger partial charge in [-0.05, 0) is 36.1 Å². The number of benzene rings is 2. The van der Waals surface area contributed by atoms with E-state index in [-0.39, 0.29) is 37.5 Å². The van der Waals surface area contributed by atoms with Gasteiger partial charge in [0.05, 0.1) is 19.2 Å². The molecular formula is C21H24ClN3O2S. The number of hydrogen-bond donors (Lipinski definition) is 2. The molecule has 2 N–H and O–H groups in total. The van der Waals surface area contributed by atoms with Gasteiger partial charge in [-0.15, -0.1) is 12.4 Å². The van der Waals surface area contributed by atoms with Crippen LogP contribution in [0.25, 0.3) is 0 Å². The molecule has 1 fully saturated rings. The van der Waals surface area contributed by atoms with E-state index in [1.807, 2.05) is 48.5 Å². The number of likely N-dealkylation sites (tertiary alicyclic amines) is 1. The average molecular weight is 418 g/mol. The molecule has 0 bridgehead atoms. The Morgan fingerprint density at radius 1 is 1.18 bits per heavy atom. The highest BCUT2D eigenvalue weighted by Gasteiger charge is 2.27. The van der Waals surface area contributed by atoms with Crippen LogP contribution >= 0.6 is 24.2 Å². The van der Waals surface area contributed by atoms with Crippen molar-refractivity contribution in [2.45, 2.75) is 41.8 Å². The van der Waals surface area contributed by atoms with Crippen LogP contribution in [0.4, 0.5) is 0 Å². The van der Waals surface area contributed by atoms with Gasteiger partial charge in [0.1, 0.15) is 6.04 Å². The van der Waals surface area contributed by atoms with Gasteiger partial charge in [0, 0.05) is 22.9 Å². The number of nitrogens with zero attached hydrogens (tertiary/aromatic N) is 2. The van der Waals surface area contributed by atoms with Crippen LogP contribution in [0, 0.1) is 11.3 Å². The molecule has 148 valence electrons. The lowest BCUT2D eigenvalue weighted by Gasteiger charge is -2.20. The van der Waals surface area contributed by atoms with Crippen molar-refractivity contribution in [2.75, 3.05) is 13.1 Å². The van der Waals surface area contributed by atoms with Crippen LogP contribution < -0.4 is 5.32 Å². The topological polar surface area (TPSA) is 76.4 Å². The minimum atomic E-state index is -0.280. The Bertz CT molecular complexity index is 840. The number of aliphatic hydroxyl groups is 1. The average Bonchev–Trinajstić information content (AvgIpc) is 3.18. The maximum Gasteiger partial charge on any atom is 0.237 e. The molecule has 2 aromatic rings. The summed E-state index contributed by atoms with van der Waals surface area (Å²) in [5.74, 6) is -0.0187. The van der Waals surface area contributed by atoms with E-state index in [0.29, 0.717) is 13.1 Å². The molecule has 0 aromatic heterocycles. The van der Waals surface area contributed by atoms with E-state index in [1.54, 1.807) is 16.7 Å². The Balaban J connectivity index is 0.00000280. The number of rotatable bonds is 7. The van der Waals surface area contributed by atoms with E-state index in [9.17, 15) is 9.90 Å². The molecule has 3 rings (SSSR count).